The van der Waals surface area contributed by atoms with Crippen molar-refractivity contribution in [2.75, 3.05) is 11.2 Å². The monoisotopic (exact) mass is 394 g/mol. The van der Waals surface area contributed by atoms with Gasteiger partial charge in [0.25, 0.3) is 5.91 Å². The van der Waals surface area contributed by atoms with Gasteiger partial charge in [0.1, 0.15) is 5.88 Å². The lowest BCUT2D eigenvalue weighted by atomic mass is 10.1. The summed E-state index contributed by atoms with van der Waals surface area (Å²) in [6, 6.07) is 22.9. The summed E-state index contributed by atoms with van der Waals surface area (Å²) in [7, 11) is -3.42. The number of sulfone groups is 1. The van der Waals surface area contributed by atoms with E-state index >= 15 is 0 Å². The Bertz CT molecular complexity index is 1050. The molecule has 0 unspecified atom stereocenters. The standard InChI is InChI=1S/C22H22N2O3S/c1-17-7-5-6-8-19(17)15-23-22(25)18-11-13-20(14-12-18)24-16-28(26,27)21-9-3-2-4-10-21/h2-14,24H,15-16H2,1H3,(H,23,25). The normalized spacial score (nSPS) is 11.0. The highest BCUT2D eigenvalue weighted by atomic mass is 32.2. The molecular weight excluding hydrogens is 372 g/mol. The second kappa shape index (κ2) is 8.71. The van der Waals surface area contributed by atoms with E-state index in [1.165, 1.54) is 0 Å². The van der Waals surface area contributed by atoms with Crippen LogP contribution < -0.4 is 10.6 Å². The third-order valence-corrected chi connectivity index (χ3v) is 5.93. The van der Waals surface area contributed by atoms with Gasteiger partial charge in [-0.1, -0.05) is 42.5 Å². The quantitative estimate of drug-likeness (QED) is 0.640. The molecular formula is C22H22N2O3S. The third kappa shape index (κ3) is 4.98. The number of carbonyl (C=O) groups excluding carboxylic acids is 1. The van der Waals surface area contributed by atoms with E-state index in [1.807, 2.05) is 31.2 Å². The summed E-state index contributed by atoms with van der Waals surface area (Å²) < 4.78 is 24.6. The van der Waals surface area contributed by atoms with Crippen molar-refractivity contribution >= 4 is 21.4 Å². The molecule has 1 amide bonds. The Kier molecular flexibility index (Phi) is 6.11. The number of hydrogen-bond donors (Lipinski definition) is 2. The van der Waals surface area contributed by atoms with Crippen LogP contribution in [-0.4, -0.2) is 20.2 Å². The number of aryl methyl sites for hydroxylation is 1. The first-order valence-electron chi connectivity index (χ1n) is 8.90. The Hall–Kier alpha value is -3.12. The van der Waals surface area contributed by atoms with Crippen molar-refractivity contribution in [1.29, 1.82) is 0 Å². The van der Waals surface area contributed by atoms with Crippen molar-refractivity contribution < 1.29 is 13.2 Å². The average Bonchev–Trinajstić information content (AvgIpc) is 2.72. The first-order chi connectivity index (χ1) is 13.5. The molecule has 0 fully saturated rings. The van der Waals surface area contributed by atoms with Crippen molar-refractivity contribution in [3.05, 3.63) is 95.6 Å². The van der Waals surface area contributed by atoms with Gasteiger partial charge >= 0.3 is 0 Å². The van der Waals surface area contributed by atoms with Crippen LogP contribution in [0.2, 0.25) is 0 Å². The van der Waals surface area contributed by atoms with E-state index in [0.29, 0.717) is 17.8 Å². The zero-order valence-corrected chi connectivity index (χ0v) is 16.4. The second-order valence-corrected chi connectivity index (χ2v) is 8.43. The van der Waals surface area contributed by atoms with Crippen molar-refractivity contribution in [3.8, 4) is 0 Å². The molecule has 3 rings (SSSR count). The highest BCUT2D eigenvalue weighted by Gasteiger charge is 2.13. The molecule has 144 valence electrons. The van der Waals surface area contributed by atoms with Gasteiger partial charge in [-0.25, -0.2) is 8.42 Å². The van der Waals surface area contributed by atoms with Gasteiger partial charge in [0.2, 0.25) is 0 Å². The van der Waals surface area contributed by atoms with E-state index in [0.717, 1.165) is 11.1 Å². The molecule has 0 bridgehead atoms. The van der Waals surface area contributed by atoms with Gasteiger partial charge in [0.15, 0.2) is 9.84 Å². The van der Waals surface area contributed by atoms with E-state index in [-0.39, 0.29) is 16.7 Å². The molecule has 5 nitrogen and oxygen atoms in total. The molecule has 0 aromatic heterocycles. The van der Waals surface area contributed by atoms with Gasteiger partial charge in [-0.05, 0) is 54.4 Å². The number of nitrogens with one attached hydrogen (secondary N) is 2. The van der Waals surface area contributed by atoms with Crippen LogP contribution in [0.25, 0.3) is 0 Å². The molecule has 0 saturated heterocycles. The highest BCUT2D eigenvalue weighted by Crippen LogP contribution is 2.14. The fourth-order valence-corrected chi connectivity index (χ4v) is 3.81. The topological polar surface area (TPSA) is 75.3 Å². The maximum absolute atomic E-state index is 12.3. The lowest BCUT2D eigenvalue weighted by molar-refractivity contribution is 0.0951. The highest BCUT2D eigenvalue weighted by molar-refractivity contribution is 7.91. The summed E-state index contributed by atoms with van der Waals surface area (Å²) >= 11 is 0. The summed E-state index contributed by atoms with van der Waals surface area (Å²) in [6.07, 6.45) is 0. The first-order valence-corrected chi connectivity index (χ1v) is 10.6. The SMILES string of the molecule is Cc1ccccc1CNC(=O)c1ccc(NCS(=O)(=O)c2ccccc2)cc1. The van der Waals surface area contributed by atoms with Crippen LogP contribution in [0, 0.1) is 6.92 Å². The lowest BCUT2D eigenvalue weighted by Gasteiger charge is -2.10. The van der Waals surface area contributed by atoms with Crippen molar-refractivity contribution in [2.45, 2.75) is 18.4 Å². The number of carbonyl (C=O) groups is 1. The number of amides is 1. The fraction of sp³-hybridized carbons (Fsp3) is 0.136. The molecule has 28 heavy (non-hydrogen) atoms. The van der Waals surface area contributed by atoms with E-state index in [1.54, 1.807) is 54.6 Å². The Morgan fingerprint density at radius 1 is 0.857 bits per heavy atom. The molecule has 3 aromatic carbocycles. The zero-order valence-electron chi connectivity index (χ0n) is 15.6. The minimum Gasteiger partial charge on any atom is -0.371 e. The molecule has 0 heterocycles. The summed E-state index contributed by atoms with van der Waals surface area (Å²) in [6.45, 7) is 2.46. The molecule has 0 aliphatic heterocycles. The van der Waals surface area contributed by atoms with E-state index in [9.17, 15) is 13.2 Å². The second-order valence-electron chi connectivity index (χ2n) is 6.44. The average molecular weight is 394 g/mol. The fourth-order valence-electron chi connectivity index (χ4n) is 2.71. The molecule has 0 atom stereocenters. The largest absolute Gasteiger partial charge is 0.371 e. The Balaban J connectivity index is 1.57. The van der Waals surface area contributed by atoms with Crippen LogP contribution in [0.1, 0.15) is 21.5 Å². The molecule has 0 aliphatic rings. The summed E-state index contributed by atoms with van der Waals surface area (Å²) in [5.41, 5.74) is 3.35. The maximum Gasteiger partial charge on any atom is 0.251 e. The number of anilines is 1. The van der Waals surface area contributed by atoms with Crippen LogP contribution in [0.15, 0.2) is 83.8 Å². The molecule has 3 aromatic rings. The molecule has 0 aliphatic carbocycles. The summed E-state index contributed by atoms with van der Waals surface area (Å²) in [4.78, 5) is 12.6. The van der Waals surface area contributed by atoms with Crippen molar-refractivity contribution in [3.63, 3.8) is 0 Å². The van der Waals surface area contributed by atoms with Crippen LogP contribution in [-0.2, 0) is 16.4 Å². The minimum absolute atomic E-state index is 0.174. The zero-order chi connectivity index (χ0) is 20.0. The third-order valence-electron chi connectivity index (χ3n) is 4.42. The molecule has 2 N–H and O–H groups in total. The number of hydrogen-bond acceptors (Lipinski definition) is 4. The predicted molar refractivity (Wildman–Crippen MR) is 111 cm³/mol. The Morgan fingerprint density at radius 3 is 2.18 bits per heavy atom. The Morgan fingerprint density at radius 2 is 1.50 bits per heavy atom. The van der Waals surface area contributed by atoms with Crippen LogP contribution in [0.5, 0.6) is 0 Å². The van der Waals surface area contributed by atoms with Gasteiger partial charge in [0.05, 0.1) is 4.90 Å². The summed E-state index contributed by atoms with van der Waals surface area (Å²) in [5, 5.41) is 5.79. The van der Waals surface area contributed by atoms with Gasteiger partial charge in [-0.2, -0.15) is 0 Å². The Labute approximate surface area is 165 Å². The maximum atomic E-state index is 12.3. The number of rotatable bonds is 7. The van der Waals surface area contributed by atoms with E-state index in [4.69, 9.17) is 0 Å². The minimum atomic E-state index is -3.42. The first kappa shape index (κ1) is 19.6. The van der Waals surface area contributed by atoms with E-state index < -0.39 is 9.84 Å². The van der Waals surface area contributed by atoms with Crippen molar-refractivity contribution in [1.82, 2.24) is 5.32 Å². The smallest absolute Gasteiger partial charge is 0.251 e. The van der Waals surface area contributed by atoms with Crippen LogP contribution >= 0.6 is 0 Å². The molecule has 6 heteroatoms. The van der Waals surface area contributed by atoms with E-state index in [2.05, 4.69) is 10.6 Å². The predicted octanol–water partition coefficient (Wildman–Crippen LogP) is 3.77. The summed E-state index contributed by atoms with van der Waals surface area (Å²) in [5.74, 6) is -0.387. The van der Waals surface area contributed by atoms with Crippen LogP contribution in [0.3, 0.4) is 0 Å². The van der Waals surface area contributed by atoms with Crippen molar-refractivity contribution in [2.24, 2.45) is 0 Å². The van der Waals surface area contributed by atoms with Gasteiger partial charge < -0.3 is 10.6 Å². The number of benzene rings is 3. The van der Waals surface area contributed by atoms with Gasteiger partial charge in [-0.3, -0.25) is 4.79 Å². The van der Waals surface area contributed by atoms with Crippen LogP contribution in [0.4, 0.5) is 5.69 Å². The lowest BCUT2D eigenvalue weighted by Crippen LogP contribution is -2.23. The molecule has 0 spiro atoms. The molecule has 0 saturated carbocycles. The van der Waals surface area contributed by atoms with Gasteiger partial charge in [-0.15, -0.1) is 0 Å². The molecule has 0 radical (unpaired) electrons. The van der Waals surface area contributed by atoms with Gasteiger partial charge in [0, 0.05) is 17.8 Å².